The summed E-state index contributed by atoms with van der Waals surface area (Å²) in [7, 11) is 2.19. The maximum atomic E-state index is 5.95. The van der Waals surface area contributed by atoms with E-state index in [-0.39, 0.29) is 0 Å². The monoisotopic (exact) mass is 344 g/mol. The van der Waals surface area contributed by atoms with Crippen molar-refractivity contribution in [3.8, 4) is 0 Å². The number of benzene rings is 2. The molecule has 1 aliphatic rings. The van der Waals surface area contributed by atoms with Crippen LogP contribution in [0.3, 0.4) is 0 Å². The van der Waals surface area contributed by atoms with Gasteiger partial charge < -0.3 is 10.1 Å². The quantitative estimate of drug-likeness (QED) is 0.869. The Hall–Kier alpha value is -1.39. The topological polar surface area (TPSA) is 24.5 Å². The molecule has 0 aliphatic carbocycles. The van der Waals surface area contributed by atoms with Crippen LogP contribution >= 0.6 is 11.6 Å². The van der Waals surface area contributed by atoms with Crippen molar-refractivity contribution in [1.82, 2.24) is 10.2 Å². The van der Waals surface area contributed by atoms with Gasteiger partial charge in [0.05, 0.1) is 13.2 Å². The molecule has 0 radical (unpaired) electrons. The molecule has 0 saturated carbocycles. The summed E-state index contributed by atoms with van der Waals surface area (Å²) in [6.45, 7) is 3.43. The zero-order valence-electron chi connectivity index (χ0n) is 14.1. The van der Waals surface area contributed by atoms with Crippen molar-refractivity contribution >= 4 is 11.6 Å². The lowest BCUT2D eigenvalue weighted by atomic mass is 10.0. The molecule has 2 aromatic rings. The van der Waals surface area contributed by atoms with Crippen molar-refractivity contribution in [2.45, 2.75) is 25.1 Å². The molecule has 128 valence electrons. The van der Waals surface area contributed by atoms with Crippen LogP contribution in [0.25, 0.3) is 0 Å². The molecular formula is C20H25ClN2O. The largest absolute Gasteiger partial charge is 0.375 e. The lowest BCUT2D eigenvalue weighted by Gasteiger charge is -2.38. The Morgan fingerprint density at radius 1 is 1.08 bits per heavy atom. The molecule has 0 bridgehead atoms. The fourth-order valence-electron chi connectivity index (χ4n) is 3.13. The molecule has 1 heterocycles. The lowest BCUT2D eigenvalue weighted by Crippen LogP contribution is -2.57. The van der Waals surface area contributed by atoms with Gasteiger partial charge in [0.1, 0.15) is 0 Å². The van der Waals surface area contributed by atoms with Crippen molar-refractivity contribution < 1.29 is 4.74 Å². The molecule has 0 unspecified atom stereocenters. The Morgan fingerprint density at radius 2 is 1.83 bits per heavy atom. The number of hydrogen-bond donors (Lipinski definition) is 1. The molecule has 0 aromatic heterocycles. The number of nitrogens with zero attached hydrogens (tertiary/aromatic N) is 1. The molecule has 1 fully saturated rings. The number of piperazine rings is 1. The molecule has 24 heavy (non-hydrogen) atoms. The molecule has 2 atom stereocenters. The van der Waals surface area contributed by atoms with Crippen LogP contribution in [0.2, 0.25) is 5.02 Å². The molecule has 0 amide bonds. The van der Waals surface area contributed by atoms with E-state index in [4.69, 9.17) is 16.3 Å². The van der Waals surface area contributed by atoms with E-state index < -0.39 is 0 Å². The van der Waals surface area contributed by atoms with Gasteiger partial charge in [-0.25, -0.2) is 0 Å². The lowest BCUT2D eigenvalue weighted by molar-refractivity contribution is 0.0413. The van der Waals surface area contributed by atoms with Gasteiger partial charge in [-0.2, -0.15) is 0 Å². The zero-order chi connectivity index (χ0) is 16.8. The maximum Gasteiger partial charge on any atom is 0.0717 e. The summed E-state index contributed by atoms with van der Waals surface area (Å²) in [4.78, 5) is 2.40. The molecule has 0 spiro atoms. The fraction of sp³-hybridized carbons (Fsp3) is 0.400. The van der Waals surface area contributed by atoms with Gasteiger partial charge in [0.25, 0.3) is 0 Å². The van der Waals surface area contributed by atoms with E-state index in [1.165, 1.54) is 11.1 Å². The van der Waals surface area contributed by atoms with Crippen LogP contribution in [0.15, 0.2) is 54.6 Å². The van der Waals surface area contributed by atoms with Crippen LogP contribution in [0.5, 0.6) is 0 Å². The standard InChI is InChI=1S/C20H25ClN2O/c1-23-13-19(11-16-7-9-18(21)10-8-16)22-12-20(23)15-24-14-17-5-3-2-4-6-17/h2-10,19-20,22H,11-15H2,1H3/t19-,20+/m0/s1. The number of likely N-dealkylation sites (N-methyl/N-ethyl adjacent to an activating group) is 1. The number of hydrogen-bond acceptors (Lipinski definition) is 3. The predicted octanol–water partition coefficient (Wildman–Crippen LogP) is 3.37. The smallest absolute Gasteiger partial charge is 0.0717 e. The van der Waals surface area contributed by atoms with Crippen molar-refractivity contribution in [1.29, 1.82) is 0 Å². The Balaban J connectivity index is 1.42. The molecule has 2 aromatic carbocycles. The zero-order valence-corrected chi connectivity index (χ0v) is 14.9. The van der Waals surface area contributed by atoms with E-state index in [0.717, 1.165) is 31.1 Å². The van der Waals surface area contributed by atoms with Gasteiger partial charge in [0, 0.05) is 30.2 Å². The summed E-state index contributed by atoms with van der Waals surface area (Å²) in [5, 5.41) is 4.45. The Kier molecular flexibility index (Phi) is 6.27. The van der Waals surface area contributed by atoms with Crippen molar-refractivity contribution in [3.63, 3.8) is 0 Å². The Morgan fingerprint density at radius 3 is 2.54 bits per heavy atom. The summed E-state index contributed by atoms with van der Waals surface area (Å²) in [5.41, 5.74) is 2.55. The second-order valence-electron chi connectivity index (χ2n) is 6.53. The molecular weight excluding hydrogens is 320 g/mol. The minimum absolute atomic E-state index is 0.426. The SMILES string of the molecule is CN1C[C@H](Cc2ccc(Cl)cc2)NC[C@@H]1COCc1ccccc1. The second-order valence-corrected chi connectivity index (χ2v) is 6.97. The number of halogens is 1. The van der Waals surface area contributed by atoms with E-state index in [2.05, 4.69) is 41.5 Å². The highest BCUT2D eigenvalue weighted by molar-refractivity contribution is 6.30. The molecule has 1 N–H and O–H groups in total. The number of ether oxygens (including phenoxy) is 1. The van der Waals surface area contributed by atoms with E-state index in [0.29, 0.717) is 18.7 Å². The Bertz CT molecular complexity index is 617. The fourth-order valence-corrected chi connectivity index (χ4v) is 3.26. The van der Waals surface area contributed by atoms with Crippen LogP contribution < -0.4 is 5.32 Å². The van der Waals surface area contributed by atoms with Crippen molar-refractivity contribution in [2.24, 2.45) is 0 Å². The first-order valence-corrected chi connectivity index (χ1v) is 8.88. The molecule has 1 aliphatic heterocycles. The highest BCUT2D eigenvalue weighted by Crippen LogP contribution is 2.14. The first kappa shape index (κ1) is 17.4. The highest BCUT2D eigenvalue weighted by Gasteiger charge is 2.25. The average molecular weight is 345 g/mol. The van der Waals surface area contributed by atoms with Gasteiger partial charge in [-0.15, -0.1) is 0 Å². The molecule has 4 heteroatoms. The molecule has 3 rings (SSSR count). The van der Waals surface area contributed by atoms with Crippen LogP contribution in [-0.4, -0.2) is 43.7 Å². The van der Waals surface area contributed by atoms with Crippen molar-refractivity contribution in [2.75, 3.05) is 26.7 Å². The second kappa shape index (κ2) is 8.63. The first-order valence-electron chi connectivity index (χ1n) is 8.50. The van der Waals surface area contributed by atoms with E-state index in [9.17, 15) is 0 Å². The minimum atomic E-state index is 0.426. The van der Waals surface area contributed by atoms with Gasteiger partial charge in [-0.1, -0.05) is 54.1 Å². The minimum Gasteiger partial charge on any atom is -0.375 e. The summed E-state index contributed by atoms with van der Waals surface area (Å²) in [5.74, 6) is 0. The van der Waals surface area contributed by atoms with Crippen LogP contribution in [-0.2, 0) is 17.8 Å². The number of nitrogens with one attached hydrogen (secondary N) is 1. The van der Waals surface area contributed by atoms with Gasteiger partial charge >= 0.3 is 0 Å². The normalized spacial score (nSPS) is 21.8. The highest BCUT2D eigenvalue weighted by atomic mass is 35.5. The van der Waals surface area contributed by atoms with Gasteiger partial charge in [-0.05, 0) is 36.7 Å². The third-order valence-electron chi connectivity index (χ3n) is 4.59. The summed E-state index contributed by atoms with van der Waals surface area (Å²) in [6, 6.07) is 19.4. The van der Waals surface area contributed by atoms with Gasteiger partial charge in [0.2, 0.25) is 0 Å². The van der Waals surface area contributed by atoms with Crippen LogP contribution in [0.4, 0.5) is 0 Å². The third kappa shape index (κ3) is 5.05. The summed E-state index contributed by atoms with van der Waals surface area (Å²) < 4.78 is 5.90. The third-order valence-corrected chi connectivity index (χ3v) is 4.84. The van der Waals surface area contributed by atoms with E-state index >= 15 is 0 Å². The van der Waals surface area contributed by atoms with Crippen molar-refractivity contribution in [3.05, 3.63) is 70.7 Å². The van der Waals surface area contributed by atoms with Crippen LogP contribution in [0, 0.1) is 0 Å². The van der Waals surface area contributed by atoms with Gasteiger partial charge in [0.15, 0.2) is 0 Å². The predicted molar refractivity (Wildman–Crippen MR) is 99.5 cm³/mol. The average Bonchev–Trinajstić information content (AvgIpc) is 2.60. The maximum absolute atomic E-state index is 5.95. The van der Waals surface area contributed by atoms with Gasteiger partial charge in [-0.3, -0.25) is 4.90 Å². The van der Waals surface area contributed by atoms with E-state index in [1.54, 1.807) is 0 Å². The first-order chi connectivity index (χ1) is 11.7. The Labute approximate surface area is 149 Å². The van der Waals surface area contributed by atoms with E-state index in [1.807, 2.05) is 30.3 Å². The van der Waals surface area contributed by atoms with Crippen LogP contribution in [0.1, 0.15) is 11.1 Å². The molecule has 3 nitrogen and oxygen atoms in total. The summed E-state index contributed by atoms with van der Waals surface area (Å²) >= 11 is 5.95. The molecule has 1 saturated heterocycles. The summed E-state index contributed by atoms with van der Waals surface area (Å²) in [6.07, 6.45) is 1.03. The number of rotatable bonds is 6.